The molecule has 7 heteroatoms. The van der Waals surface area contributed by atoms with E-state index in [-0.39, 0.29) is 24.0 Å². The molecule has 1 aromatic carbocycles. The summed E-state index contributed by atoms with van der Waals surface area (Å²) in [7, 11) is 3.80. The highest BCUT2D eigenvalue weighted by Gasteiger charge is 2.15. The van der Waals surface area contributed by atoms with E-state index in [0.717, 1.165) is 50.8 Å². The molecule has 0 saturated carbocycles. The molecule has 0 radical (unpaired) electrons. The van der Waals surface area contributed by atoms with Gasteiger partial charge in [0, 0.05) is 58.1 Å². The number of aliphatic imine (C=N–C) groups is 1. The fourth-order valence-electron chi connectivity index (χ4n) is 3.54. The van der Waals surface area contributed by atoms with E-state index in [1.807, 2.05) is 25.7 Å². The number of benzene rings is 1. The number of hydrogen-bond donors (Lipinski definition) is 2. The summed E-state index contributed by atoms with van der Waals surface area (Å²) < 4.78 is 1.93. The molecule has 3 rings (SSSR count). The molecule has 0 spiro atoms. The van der Waals surface area contributed by atoms with Gasteiger partial charge >= 0.3 is 0 Å². The van der Waals surface area contributed by atoms with E-state index in [1.54, 1.807) is 0 Å². The number of hydrogen-bond acceptors (Lipinski definition) is 3. The van der Waals surface area contributed by atoms with Gasteiger partial charge in [-0.3, -0.25) is 14.6 Å². The Kier molecular flexibility index (Phi) is 8.09. The van der Waals surface area contributed by atoms with Crippen LogP contribution in [-0.2, 0) is 26.6 Å². The maximum absolute atomic E-state index is 4.47. The predicted octanol–water partition coefficient (Wildman–Crippen LogP) is 2.38. The first-order valence-corrected chi connectivity index (χ1v) is 9.31. The molecule has 2 heterocycles. The average molecular weight is 482 g/mol. The minimum absolute atomic E-state index is 0. The van der Waals surface area contributed by atoms with E-state index in [2.05, 4.69) is 56.8 Å². The van der Waals surface area contributed by atoms with Crippen molar-refractivity contribution in [3.8, 4) is 0 Å². The maximum atomic E-state index is 4.47. The molecule has 0 fully saturated rings. The van der Waals surface area contributed by atoms with Crippen molar-refractivity contribution in [3.63, 3.8) is 0 Å². The molecule has 0 bridgehead atoms. The van der Waals surface area contributed by atoms with Crippen LogP contribution in [0.1, 0.15) is 28.1 Å². The van der Waals surface area contributed by atoms with E-state index < -0.39 is 0 Å². The third-order valence-corrected chi connectivity index (χ3v) is 5.25. The number of fused-ring (bicyclic) bond motifs is 1. The van der Waals surface area contributed by atoms with Crippen LogP contribution in [0.5, 0.6) is 0 Å². The molecular weight excluding hydrogens is 451 g/mol. The largest absolute Gasteiger partial charge is 0.355 e. The molecule has 1 aromatic heterocycles. The lowest BCUT2D eigenvalue weighted by Crippen LogP contribution is -2.42. The van der Waals surface area contributed by atoms with Gasteiger partial charge in [0.15, 0.2) is 5.96 Å². The van der Waals surface area contributed by atoms with Crippen LogP contribution in [-0.4, -0.2) is 47.3 Å². The summed E-state index contributed by atoms with van der Waals surface area (Å²) in [6, 6.07) is 8.76. The van der Waals surface area contributed by atoms with E-state index >= 15 is 0 Å². The summed E-state index contributed by atoms with van der Waals surface area (Å²) >= 11 is 0. The topological polar surface area (TPSA) is 57.5 Å². The highest BCUT2D eigenvalue weighted by molar-refractivity contribution is 14.0. The minimum atomic E-state index is 0. The molecule has 0 atom stereocenters. The van der Waals surface area contributed by atoms with Crippen LogP contribution in [0.2, 0.25) is 0 Å². The predicted molar refractivity (Wildman–Crippen MR) is 122 cm³/mol. The minimum Gasteiger partial charge on any atom is -0.355 e. The van der Waals surface area contributed by atoms with Crippen LogP contribution in [0.4, 0.5) is 0 Å². The zero-order chi connectivity index (χ0) is 18.5. The molecule has 0 saturated heterocycles. The smallest absolute Gasteiger partial charge is 0.191 e. The Hall–Kier alpha value is -1.61. The Morgan fingerprint density at radius 2 is 1.93 bits per heavy atom. The second-order valence-corrected chi connectivity index (χ2v) is 6.92. The van der Waals surface area contributed by atoms with Crippen molar-refractivity contribution in [2.75, 3.05) is 26.7 Å². The van der Waals surface area contributed by atoms with Crippen molar-refractivity contribution in [1.29, 1.82) is 0 Å². The van der Waals surface area contributed by atoms with Gasteiger partial charge < -0.3 is 10.6 Å². The first kappa shape index (κ1) is 21.7. The van der Waals surface area contributed by atoms with Gasteiger partial charge in [-0.25, -0.2) is 0 Å². The first-order valence-electron chi connectivity index (χ1n) is 9.31. The molecule has 148 valence electrons. The summed E-state index contributed by atoms with van der Waals surface area (Å²) in [5, 5.41) is 11.3. The number of rotatable bonds is 5. The van der Waals surface area contributed by atoms with E-state index in [9.17, 15) is 0 Å². The highest BCUT2D eigenvalue weighted by Crippen LogP contribution is 2.17. The quantitative estimate of drug-likeness (QED) is 0.391. The molecule has 0 unspecified atom stereocenters. The van der Waals surface area contributed by atoms with Gasteiger partial charge in [-0.1, -0.05) is 24.3 Å². The molecule has 27 heavy (non-hydrogen) atoms. The average Bonchev–Trinajstić information content (AvgIpc) is 2.90. The second kappa shape index (κ2) is 10.1. The molecule has 0 amide bonds. The number of aryl methyl sites for hydroxylation is 2. The van der Waals surface area contributed by atoms with Crippen molar-refractivity contribution in [2.45, 2.75) is 33.4 Å². The zero-order valence-corrected chi connectivity index (χ0v) is 19.1. The highest BCUT2D eigenvalue weighted by atomic mass is 127. The Bertz CT molecular complexity index is 783. The van der Waals surface area contributed by atoms with Crippen molar-refractivity contribution < 1.29 is 0 Å². The molecule has 2 N–H and O–H groups in total. The van der Waals surface area contributed by atoms with Crippen LogP contribution in [0.15, 0.2) is 29.3 Å². The van der Waals surface area contributed by atoms with Gasteiger partial charge in [-0.15, -0.1) is 24.0 Å². The summed E-state index contributed by atoms with van der Waals surface area (Å²) in [6.07, 6.45) is 1.14. The third-order valence-electron chi connectivity index (χ3n) is 5.25. The van der Waals surface area contributed by atoms with Crippen LogP contribution in [0, 0.1) is 13.8 Å². The van der Waals surface area contributed by atoms with Gasteiger partial charge in [0.05, 0.1) is 5.69 Å². The lowest BCUT2D eigenvalue weighted by molar-refractivity contribution is 0.258. The molecule has 1 aliphatic heterocycles. The van der Waals surface area contributed by atoms with Gasteiger partial charge in [0.25, 0.3) is 0 Å². The molecule has 0 aliphatic carbocycles. The van der Waals surface area contributed by atoms with Gasteiger partial charge in [0.2, 0.25) is 0 Å². The standard InChI is InChI=1S/C20H30N6.HI/c1-15-19(16(2)25(4)24-15)13-23-20(21-3)22-10-12-26-11-9-17-7-5-6-8-18(17)14-26;/h5-8H,9-14H2,1-4H3,(H2,21,22,23);1H. The van der Waals surface area contributed by atoms with Crippen molar-refractivity contribution in [2.24, 2.45) is 12.0 Å². The zero-order valence-electron chi connectivity index (χ0n) is 16.7. The molecular formula is C20H31IN6. The van der Waals surface area contributed by atoms with E-state index in [4.69, 9.17) is 0 Å². The van der Waals surface area contributed by atoms with Crippen molar-refractivity contribution >= 4 is 29.9 Å². The Balaban J connectivity index is 0.00000261. The number of halogens is 1. The SMILES string of the molecule is CN=C(NCCN1CCc2ccccc2C1)NCc1c(C)nn(C)c1C.I. The van der Waals surface area contributed by atoms with Crippen LogP contribution >= 0.6 is 24.0 Å². The molecule has 2 aromatic rings. The lowest BCUT2D eigenvalue weighted by Gasteiger charge is -2.28. The fourth-order valence-corrected chi connectivity index (χ4v) is 3.54. The Labute approximate surface area is 179 Å². The number of nitrogens with one attached hydrogen (secondary N) is 2. The lowest BCUT2D eigenvalue weighted by atomic mass is 10.00. The Morgan fingerprint density at radius 1 is 1.19 bits per heavy atom. The fraction of sp³-hybridized carbons (Fsp3) is 0.500. The summed E-state index contributed by atoms with van der Waals surface area (Å²) in [6.45, 7) is 8.95. The summed E-state index contributed by atoms with van der Waals surface area (Å²) in [5.41, 5.74) is 6.46. The summed E-state index contributed by atoms with van der Waals surface area (Å²) in [5.74, 6) is 0.838. The van der Waals surface area contributed by atoms with Crippen molar-refractivity contribution in [1.82, 2.24) is 25.3 Å². The molecule has 6 nitrogen and oxygen atoms in total. The van der Waals surface area contributed by atoms with Crippen LogP contribution in [0.3, 0.4) is 0 Å². The van der Waals surface area contributed by atoms with Gasteiger partial charge in [0.1, 0.15) is 0 Å². The second-order valence-electron chi connectivity index (χ2n) is 6.92. The van der Waals surface area contributed by atoms with E-state index in [0.29, 0.717) is 0 Å². The number of guanidine groups is 1. The monoisotopic (exact) mass is 482 g/mol. The van der Waals surface area contributed by atoms with Gasteiger partial charge in [-0.2, -0.15) is 5.10 Å². The first-order chi connectivity index (χ1) is 12.6. The molecule has 1 aliphatic rings. The normalized spacial score (nSPS) is 14.4. The summed E-state index contributed by atoms with van der Waals surface area (Å²) in [4.78, 5) is 6.83. The van der Waals surface area contributed by atoms with Gasteiger partial charge in [-0.05, 0) is 31.4 Å². The third kappa shape index (κ3) is 5.44. The van der Waals surface area contributed by atoms with Crippen molar-refractivity contribution in [3.05, 3.63) is 52.3 Å². The maximum Gasteiger partial charge on any atom is 0.191 e. The van der Waals surface area contributed by atoms with E-state index in [1.165, 1.54) is 22.4 Å². The number of aromatic nitrogens is 2. The number of nitrogens with zero attached hydrogens (tertiary/aromatic N) is 4. The Morgan fingerprint density at radius 3 is 2.59 bits per heavy atom. The van der Waals surface area contributed by atoms with Crippen LogP contribution in [0.25, 0.3) is 0 Å². The van der Waals surface area contributed by atoms with Crippen LogP contribution < -0.4 is 10.6 Å².